The maximum atomic E-state index is 4.57. The number of likely N-dealkylation sites (N-methyl/N-ethyl adjacent to an activating group) is 1. The van der Waals surface area contributed by atoms with E-state index < -0.39 is 0 Å². The van der Waals surface area contributed by atoms with Gasteiger partial charge in [-0.3, -0.25) is 0 Å². The number of aromatic amines is 1. The summed E-state index contributed by atoms with van der Waals surface area (Å²) >= 11 is 0. The Hall–Kier alpha value is -2.21. The normalized spacial score (nSPS) is 11.2. The van der Waals surface area contributed by atoms with E-state index in [0.717, 1.165) is 35.7 Å². The molecule has 2 N–H and O–H groups in total. The maximum absolute atomic E-state index is 4.57. The van der Waals surface area contributed by atoms with Gasteiger partial charge in [0, 0.05) is 30.9 Å². The van der Waals surface area contributed by atoms with Gasteiger partial charge in [-0.1, -0.05) is 0 Å². The minimum absolute atomic E-state index is 0.778. The molecule has 0 aliphatic rings. The number of hydrogen-bond acceptors (Lipinski definition) is 4. The fourth-order valence-corrected chi connectivity index (χ4v) is 1.86. The molecule has 18 heavy (non-hydrogen) atoms. The molecule has 0 atom stereocenters. The highest BCUT2D eigenvalue weighted by molar-refractivity contribution is 5.59. The summed E-state index contributed by atoms with van der Waals surface area (Å²) in [5.74, 6) is 0.872. The molecule has 0 saturated heterocycles. The monoisotopic (exact) mass is 242 g/mol. The smallest absolute Gasteiger partial charge is 0.177 e. The molecule has 3 heterocycles. The minimum Gasteiger partial charge on any atom is -0.367 e. The van der Waals surface area contributed by atoms with Gasteiger partial charge < -0.3 is 10.3 Å². The van der Waals surface area contributed by atoms with E-state index in [9.17, 15) is 0 Å². The molecule has 3 aromatic heterocycles. The molecular weight excluding hydrogens is 228 g/mol. The van der Waals surface area contributed by atoms with Crippen LogP contribution in [0.4, 0.5) is 0 Å². The van der Waals surface area contributed by atoms with Gasteiger partial charge in [-0.05, 0) is 25.2 Å². The first-order valence-electron chi connectivity index (χ1n) is 5.87. The Balaban J connectivity index is 2.04. The number of nitrogens with zero attached hydrogens (tertiary/aromatic N) is 4. The van der Waals surface area contributed by atoms with Gasteiger partial charge in [0.1, 0.15) is 0 Å². The van der Waals surface area contributed by atoms with Crippen molar-refractivity contribution in [2.24, 2.45) is 0 Å². The molecule has 0 aliphatic heterocycles. The van der Waals surface area contributed by atoms with Gasteiger partial charge in [-0.15, -0.1) is 10.2 Å². The Morgan fingerprint density at radius 3 is 3.00 bits per heavy atom. The molecule has 6 nitrogen and oxygen atoms in total. The molecule has 0 saturated carbocycles. The van der Waals surface area contributed by atoms with E-state index in [1.165, 1.54) is 0 Å². The lowest BCUT2D eigenvalue weighted by atomic mass is 10.2. The largest absolute Gasteiger partial charge is 0.367 e. The second kappa shape index (κ2) is 4.58. The molecule has 0 aliphatic carbocycles. The number of nitrogens with one attached hydrogen (secondary N) is 2. The van der Waals surface area contributed by atoms with Crippen molar-refractivity contribution in [3.05, 3.63) is 36.4 Å². The average molecular weight is 242 g/mol. The quantitative estimate of drug-likeness (QED) is 0.712. The van der Waals surface area contributed by atoms with E-state index in [1.54, 1.807) is 4.52 Å². The Kier molecular flexibility index (Phi) is 2.77. The average Bonchev–Trinajstić information content (AvgIpc) is 3.05. The van der Waals surface area contributed by atoms with Crippen LogP contribution >= 0.6 is 0 Å². The number of aromatic nitrogens is 5. The second-order valence-electron chi connectivity index (χ2n) is 4.06. The standard InChI is InChI=1S/C12H14N6/c1-13-6-5-12-16-15-11-3-2-10(17-18(11)12)9-4-7-14-8-9/h2-4,7-8,13-14H,5-6H2,1H3. The molecule has 3 aromatic rings. The first-order valence-corrected chi connectivity index (χ1v) is 5.87. The van der Waals surface area contributed by atoms with Crippen molar-refractivity contribution >= 4 is 5.65 Å². The number of hydrogen-bond donors (Lipinski definition) is 2. The van der Waals surface area contributed by atoms with Crippen LogP contribution in [0.25, 0.3) is 16.9 Å². The van der Waals surface area contributed by atoms with Gasteiger partial charge in [-0.2, -0.15) is 9.61 Å². The molecule has 0 spiro atoms. The van der Waals surface area contributed by atoms with Crippen LogP contribution in [0.1, 0.15) is 5.82 Å². The summed E-state index contributed by atoms with van der Waals surface area (Å²) in [4.78, 5) is 3.03. The Morgan fingerprint density at radius 1 is 1.28 bits per heavy atom. The van der Waals surface area contributed by atoms with Crippen LogP contribution in [0, 0.1) is 0 Å². The molecule has 3 rings (SSSR count). The van der Waals surface area contributed by atoms with Gasteiger partial charge in [0.2, 0.25) is 0 Å². The molecular formula is C12H14N6. The van der Waals surface area contributed by atoms with Crippen LogP contribution in [0.2, 0.25) is 0 Å². The summed E-state index contributed by atoms with van der Waals surface area (Å²) in [5, 5.41) is 15.9. The van der Waals surface area contributed by atoms with E-state index in [2.05, 4.69) is 25.6 Å². The highest BCUT2D eigenvalue weighted by Gasteiger charge is 2.08. The fourth-order valence-electron chi connectivity index (χ4n) is 1.86. The van der Waals surface area contributed by atoms with E-state index in [0.29, 0.717) is 0 Å². The second-order valence-corrected chi connectivity index (χ2v) is 4.06. The van der Waals surface area contributed by atoms with Crippen molar-refractivity contribution in [2.75, 3.05) is 13.6 Å². The molecule has 92 valence electrons. The predicted octanol–water partition coefficient (Wildman–Crippen LogP) is 0.881. The van der Waals surface area contributed by atoms with Crippen molar-refractivity contribution in [2.45, 2.75) is 6.42 Å². The SMILES string of the molecule is CNCCc1nnc2ccc(-c3cc[nH]c3)nn12. The van der Waals surface area contributed by atoms with Crippen molar-refractivity contribution in [1.29, 1.82) is 0 Å². The zero-order chi connectivity index (χ0) is 12.4. The zero-order valence-corrected chi connectivity index (χ0v) is 10.1. The number of H-pyrrole nitrogens is 1. The summed E-state index contributed by atoms with van der Waals surface area (Å²) in [6, 6.07) is 5.88. The van der Waals surface area contributed by atoms with Crippen LogP contribution in [-0.2, 0) is 6.42 Å². The summed E-state index contributed by atoms with van der Waals surface area (Å²) in [6.07, 6.45) is 4.61. The van der Waals surface area contributed by atoms with Crippen molar-refractivity contribution < 1.29 is 0 Å². The van der Waals surface area contributed by atoms with Crippen LogP contribution in [-0.4, -0.2) is 38.4 Å². The van der Waals surface area contributed by atoms with Crippen molar-refractivity contribution in [1.82, 2.24) is 30.1 Å². The molecule has 0 unspecified atom stereocenters. The Bertz CT molecular complexity index is 640. The molecule has 0 bridgehead atoms. The third kappa shape index (κ3) is 1.86. The lowest BCUT2D eigenvalue weighted by Crippen LogP contribution is -2.13. The molecule has 0 fully saturated rings. The highest BCUT2D eigenvalue weighted by atomic mass is 15.4. The summed E-state index contributed by atoms with van der Waals surface area (Å²) in [7, 11) is 1.92. The highest BCUT2D eigenvalue weighted by Crippen LogP contribution is 2.16. The summed E-state index contributed by atoms with van der Waals surface area (Å²) in [5.41, 5.74) is 2.75. The topological polar surface area (TPSA) is 70.9 Å². The summed E-state index contributed by atoms with van der Waals surface area (Å²) in [6.45, 7) is 0.858. The van der Waals surface area contributed by atoms with Gasteiger partial charge in [0.05, 0.1) is 5.69 Å². The molecule has 0 amide bonds. The maximum Gasteiger partial charge on any atom is 0.177 e. The van der Waals surface area contributed by atoms with E-state index >= 15 is 0 Å². The van der Waals surface area contributed by atoms with Crippen LogP contribution in [0.15, 0.2) is 30.6 Å². The number of fused-ring (bicyclic) bond motifs is 1. The molecule has 0 aromatic carbocycles. The number of rotatable bonds is 4. The van der Waals surface area contributed by atoms with Crippen LogP contribution in [0.3, 0.4) is 0 Å². The van der Waals surface area contributed by atoms with Gasteiger partial charge in [0.25, 0.3) is 0 Å². The van der Waals surface area contributed by atoms with Gasteiger partial charge in [-0.25, -0.2) is 0 Å². The Morgan fingerprint density at radius 2 is 2.22 bits per heavy atom. The third-order valence-corrected chi connectivity index (χ3v) is 2.82. The minimum atomic E-state index is 0.778. The van der Waals surface area contributed by atoms with Crippen molar-refractivity contribution in [3.8, 4) is 11.3 Å². The van der Waals surface area contributed by atoms with E-state index in [4.69, 9.17) is 0 Å². The van der Waals surface area contributed by atoms with Crippen LogP contribution < -0.4 is 5.32 Å². The zero-order valence-electron chi connectivity index (χ0n) is 10.1. The lowest BCUT2D eigenvalue weighted by molar-refractivity contribution is 0.726. The third-order valence-electron chi connectivity index (χ3n) is 2.82. The van der Waals surface area contributed by atoms with E-state index in [-0.39, 0.29) is 0 Å². The Labute approximate surface area is 104 Å². The molecule has 0 radical (unpaired) electrons. The van der Waals surface area contributed by atoms with Crippen molar-refractivity contribution in [3.63, 3.8) is 0 Å². The fraction of sp³-hybridized carbons (Fsp3) is 0.250. The first kappa shape index (κ1) is 10.9. The van der Waals surface area contributed by atoms with Gasteiger partial charge >= 0.3 is 0 Å². The lowest BCUT2D eigenvalue weighted by Gasteiger charge is -2.01. The molecule has 6 heteroatoms. The first-order chi connectivity index (χ1) is 8.88. The van der Waals surface area contributed by atoms with E-state index in [1.807, 2.05) is 37.6 Å². The summed E-state index contributed by atoms with van der Waals surface area (Å²) < 4.78 is 1.81. The van der Waals surface area contributed by atoms with Gasteiger partial charge in [0.15, 0.2) is 11.5 Å². The van der Waals surface area contributed by atoms with Crippen LogP contribution in [0.5, 0.6) is 0 Å². The predicted molar refractivity (Wildman–Crippen MR) is 68.2 cm³/mol.